The Balaban J connectivity index is 1.68. The van der Waals surface area contributed by atoms with Crippen LogP contribution in [0.1, 0.15) is 30.9 Å². The number of aryl methyl sites for hydroxylation is 1. The average molecular weight is 395 g/mol. The van der Waals surface area contributed by atoms with Gasteiger partial charge in [-0.15, -0.1) is 0 Å². The molecule has 0 bridgehead atoms. The van der Waals surface area contributed by atoms with Crippen molar-refractivity contribution in [3.05, 3.63) is 35.4 Å². The summed E-state index contributed by atoms with van der Waals surface area (Å²) in [6.45, 7) is 6.65. The summed E-state index contributed by atoms with van der Waals surface area (Å²) in [7, 11) is -1.65. The minimum atomic E-state index is -3.33. The second kappa shape index (κ2) is 7.89. The Labute approximate surface area is 162 Å². The summed E-state index contributed by atoms with van der Waals surface area (Å²) < 4.78 is 32.7. The molecular formula is C20H30N2O4S. The number of hydrogen-bond donors (Lipinski definition) is 0. The Morgan fingerprint density at radius 2 is 1.85 bits per heavy atom. The third-order valence-electron chi connectivity index (χ3n) is 6.21. The first-order valence-electron chi connectivity index (χ1n) is 9.53. The highest BCUT2D eigenvalue weighted by atomic mass is 32.2. The molecule has 0 aromatic heterocycles. The number of methoxy groups -OCH3 is 1. The van der Waals surface area contributed by atoms with E-state index >= 15 is 0 Å². The van der Waals surface area contributed by atoms with Crippen molar-refractivity contribution in [1.29, 1.82) is 0 Å². The van der Waals surface area contributed by atoms with E-state index in [0.717, 1.165) is 24.0 Å². The monoisotopic (exact) mass is 394 g/mol. The van der Waals surface area contributed by atoms with Crippen LogP contribution in [0, 0.1) is 18.3 Å². The van der Waals surface area contributed by atoms with Crippen LogP contribution in [-0.2, 0) is 25.3 Å². The van der Waals surface area contributed by atoms with Gasteiger partial charge in [-0.2, -0.15) is 0 Å². The van der Waals surface area contributed by atoms with Gasteiger partial charge in [-0.05, 0) is 30.7 Å². The lowest BCUT2D eigenvalue weighted by Crippen LogP contribution is -2.47. The number of amides is 1. The molecule has 1 unspecified atom stereocenters. The fourth-order valence-electron chi connectivity index (χ4n) is 4.47. The number of carbonyl (C=O) groups is 1. The van der Waals surface area contributed by atoms with E-state index < -0.39 is 10.0 Å². The van der Waals surface area contributed by atoms with Gasteiger partial charge in [0.2, 0.25) is 15.9 Å². The largest absolute Gasteiger partial charge is 0.384 e. The molecule has 150 valence electrons. The molecule has 2 fully saturated rings. The Morgan fingerprint density at radius 1 is 1.22 bits per heavy atom. The fourth-order valence-corrected chi connectivity index (χ4v) is 6.00. The van der Waals surface area contributed by atoms with E-state index in [2.05, 4.69) is 0 Å². The van der Waals surface area contributed by atoms with Crippen molar-refractivity contribution < 1.29 is 17.9 Å². The molecule has 0 N–H and O–H groups in total. The van der Waals surface area contributed by atoms with Crippen molar-refractivity contribution in [1.82, 2.24) is 9.21 Å². The summed E-state index contributed by atoms with van der Waals surface area (Å²) in [6.07, 6.45) is 1.55. The SMILES string of the molecule is COCC1CN(C(C)=O)CC12CCN(S(=O)(=O)Cc1ccc(C)cc1)CC2. The third-order valence-corrected chi connectivity index (χ3v) is 8.06. The van der Waals surface area contributed by atoms with Crippen molar-refractivity contribution in [3.63, 3.8) is 0 Å². The molecule has 1 aromatic carbocycles. The average Bonchev–Trinajstić information content (AvgIpc) is 2.96. The Hall–Kier alpha value is -1.44. The lowest BCUT2D eigenvalue weighted by molar-refractivity contribution is -0.128. The van der Waals surface area contributed by atoms with Crippen molar-refractivity contribution in [2.24, 2.45) is 11.3 Å². The lowest BCUT2D eigenvalue weighted by Gasteiger charge is -2.41. The Bertz CT molecular complexity index is 768. The van der Waals surface area contributed by atoms with Gasteiger partial charge in [0.05, 0.1) is 12.4 Å². The molecule has 3 rings (SSSR count). The van der Waals surface area contributed by atoms with Gasteiger partial charge in [-0.25, -0.2) is 12.7 Å². The zero-order valence-electron chi connectivity index (χ0n) is 16.5. The third kappa shape index (κ3) is 4.36. The number of piperidine rings is 1. The molecule has 2 aliphatic heterocycles. The second-order valence-electron chi connectivity index (χ2n) is 8.06. The van der Waals surface area contributed by atoms with Crippen LogP contribution in [0.2, 0.25) is 0 Å². The second-order valence-corrected chi connectivity index (χ2v) is 10.0. The Morgan fingerprint density at radius 3 is 2.41 bits per heavy atom. The van der Waals surface area contributed by atoms with E-state index in [9.17, 15) is 13.2 Å². The van der Waals surface area contributed by atoms with Gasteiger partial charge in [0.15, 0.2) is 0 Å². The van der Waals surface area contributed by atoms with E-state index in [1.165, 1.54) is 0 Å². The summed E-state index contributed by atoms with van der Waals surface area (Å²) in [5, 5.41) is 0. The van der Waals surface area contributed by atoms with Crippen molar-refractivity contribution in [2.45, 2.75) is 32.4 Å². The van der Waals surface area contributed by atoms with Gasteiger partial charge in [-0.3, -0.25) is 4.79 Å². The maximum atomic E-state index is 12.9. The molecule has 2 saturated heterocycles. The zero-order valence-corrected chi connectivity index (χ0v) is 17.3. The summed E-state index contributed by atoms with van der Waals surface area (Å²) in [5.41, 5.74) is 1.91. The maximum absolute atomic E-state index is 12.9. The van der Waals surface area contributed by atoms with Gasteiger partial charge in [0, 0.05) is 46.1 Å². The number of likely N-dealkylation sites (tertiary alicyclic amines) is 1. The van der Waals surface area contributed by atoms with Crippen molar-refractivity contribution >= 4 is 15.9 Å². The number of ether oxygens (including phenoxy) is 1. The highest BCUT2D eigenvalue weighted by Crippen LogP contribution is 2.45. The van der Waals surface area contributed by atoms with E-state index in [0.29, 0.717) is 32.8 Å². The van der Waals surface area contributed by atoms with Crippen LogP contribution in [-0.4, -0.2) is 63.4 Å². The molecule has 7 heteroatoms. The van der Waals surface area contributed by atoms with Gasteiger partial charge in [0.1, 0.15) is 0 Å². The van der Waals surface area contributed by atoms with Gasteiger partial charge in [0.25, 0.3) is 0 Å². The van der Waals surface area contributed by atoms with Crippen LogP contribution in [0.15, 0.2) is 24.3 Å². The first-order chi connectivity index (χ1) is 12.8. The summed E-state index contributed by atoms with van der Waals surface area (Å²) in [4.78, 5) is 13.7. The smallest absolute Gasteiger partial charge is 0.219 e. The molecule has 0 saturated carbocycles. The fraction of sp³-hybridized carbons (Fsp3) is 0.650. The number of carbonyl (C=O) groups excluding carboxylic acids is 1. The maximum Gasteiger partial charge on any atom is 0.219 e. The molecular weight excluding hydrogens is 364 g/mol. The molecule has 0 aliphatic carbocycles. The lowest BCUT2D eigenvalue weighted by atomic mass is 9.71. The van der Waals surface area contributed by atoms with E-state index in [4.69, 9.17) is 4.74 Å². The minimum absolute atomic E-state index is 0.0302. The van der Waals surface area contributed by atoms with Crippen molar-refractivity contribution in [2.75, 3.05) is 39.9 Å². The number of hydrogen-bond acceptors (Lipinski definition) is 4. The van der Waals surface area contributed by atoms with Crippen LogP contribution >= 0.6 is 0 Å². The number of rotatable bonds is 5. The topological polar surface area (TPSA) is 66.9 Å². The number of benzene rings is 1. The zero-order chi connectivity index (χ0) is 19.7. The molecule has 1 spiro atoms. The number of sulfonamides is 1. The summed E-state index contributed by atoms with van der Waals surface area (Å²) in [5.74, 6) is 0.400. The normalized spacial score (nSPS) is 23.1. The quantitative estimate of drug-likeness (QED) is 0.766. The first-order valence-corrected chi connectivity index (χ1v) is 11.1. The van der Waals surface area contributed by atoms with E-state index in [1.807, 2.05) is 36.1 Å². The van der Waals surface area contributed by atoms with E-state index in [-0.39, 0.29) is 23.0 Å². The molecule has 27 heavy (non-hydrogen) atoms. The van der Waals surface area contributed by atoms with Crippen LogP contribution < -0.4 is 0 Å². The standard InChI is InChI=1S/C20H30N2O4S/c1-16-4-6-18(7-5-16)14-27(24,25)22-10-8-20(9-11-22)15-21(17(2)23)12-19(20)13-26-3/h4-7,19H,8-15H2,1-3H3. The molecule has 6 nitrogen and oxygen atoms in total. The molecule has 1 amide bonds. The van der Waals surface area contributed by atoms with Gasteiger partial charge < -0.3 is 9.64 Å². The minimum Gasteiger partial charge on any atom is -0.384 e. The molecule has 2 heterocycles. The van der Waals surface area contributed by atoms with Gasteiger partial charge in [-0.1, -0.05) is 29.8 Å². The highest BCUT2D eigenvalue weighted by molar-refractivity contribution is 7.88. The van der Waals surface area contributed by atoms with E-state index in [1.54, 1.807) is 18.3 Å². The predicted octanol–water partition coefficient (Wildman–Crippen LogP) is 2.03. The number of nitrogens with zero attached hydrogens (tertiary/aromatic N) is 2. The predicted molar refractivity (Wildman–Crippen MR) is 105 cm³/mol. The van der Waals surface area contributed by atoms with Crippen molar-refractivity contribution in [3.8, 4) is 0 Å². The van der Waals surface area contributed by atoms with Gasteiger partial charge >= 0.3 is 0 Å². The summed E-state index contributed by atoms with van der Waals surface area (Å²) in [6, 6.07) is 7.66. The highest BCUT2D eigenvalue weighted by Gasteiger charge is 2.49. The molecule has 1 atom stereocenters. The van der Waals surface area contributed by atoms with Crippen LogP contribution in [0.3, 0.4) is 0 Å². The van der Waals surface area contributed by atoms with Crippen LogP contribution in [0.4, 0.5) is 0 Å². The molecule has 2 aliphatic rings. The Kier molecular flexibility index (Phi) is 5.93. The molecule has 0 radical (unpaired) electrons. The summed E-state index contributed by atoms with van der Waals surface area (Å²) >= 11 is 0. The van der Waals surface area contributed by atoms with Crippen LogP contribution in [0.25, 0.3) is 0 Å². The molecule has 1 aromatic rings. The van der Waals surface area contributed by atoms with Crippen LogP contribution in [0.5, 0.6) is 0 Å². The first kappa shape index (κ1) is 20.3.